The van der Waals surface area contributed by atoms with Gasteiger partial charge in [-0.15, -0.1) is 5.10 Å². The summed E-state index contributed by atoms with van der Waals surface area (Å²) >= 11 is 6.22. The van der Waals surface area contributed by atoms with Gasteiger partial charge < -0.3 is 14.6 Å². The zero-order chi connectivity index (χ0) is 26.5. The molecule has 0 spiro atoms. The number of carbonyl (C=O) groups excluding carboxylic acids is 2. The van der Waals surface area contributed by atoms with Gasteiger partial charge in [0, 0.05) is 31.6 Å². The number of halogens is 6. The summed E-state index contributed by atoms with van der Waals surface area (Å²) in [5, 5.41) is 12.5. The van der Waals surface area contributed by atoms with E-state index < -0.39 is 46.3 Å². The number of urea groups is 1. The molecule has 37 heavy (non-hydrogen) atoms. The topological polar surface area (TPSA) is 104 Å². The minimum absolute atomic E-state index is 0.0558. The Morgan fingerprint density at radius 1 is 1.22 bits per heavy atom. The molecule has 15 heteroatoms. The van der Waals surface area contributed by atoms with Gasteiger partial charge in [0.25, 0.3) is 0 Å². The number of alkyl halides is 3. The van der Waals surface area contributed by atoms with Crippen LogP contribution in [0.5, 0.6) is 0 Å². The number of imide groups is 1. The number of nitrogens with zero attached hydrogens (tertiary/aromatic N) is 4. The smallest absolute Gasteiger partial charge is 0.394 e. The van der Waals surface area contributed by atoms with E-state index in [0.29, 0.717) is 0 Å². The average Bonchev–Trinajstić information content (AvgIpc) is 3.20. The highest BCUT2D eigenvalue weighted by atomic mass is 35.5. The number of rotatable bonds is 5. The minimum Gasteiger partial charge on any atom is -0.408 e. The van der Waals surface area contributed by atoms with E-state index in [9.17, 15) is 27.2 Å². The number of hydrogen-bond acceptors (Lipinski definition) is 7. The van der Waals surface area contributed by atoms with Gasteiger partial charge in [0.05, 0.1) is 22.6 Å². The van der Waals surface area contributed by atoms with Crippen molar-refractivity contribution in [2.45, 2.75) is 56.3 Å². The maximum Gasteiger partial charge on any atom is 0.394 e. The normalized spacial score (nSPS) is 30.9. The molecule has 198 valence electrons. The molecule has 2 aromatic rings. The summed E-state index contributed by atoms with van der Waals surface area (Å²) in [6.45, 7) is 1.85. The van der Waals surface area contributed by atoms with Crippen LogP contribution in [-0.2, 0) is 10.2 Å². The molecule has 5 aliphatic rings. The van der Waals surface area contributed by atoms with E-state index in [0.717, 1.165) is 11.0 Å². The lowest BCUT2D eigenvalue weighted by molar-refractivity contribution is -0.340. The Balaban J connectivity index is 1.12. The van der Waals surface area contributed by atoms with Crippen molar-refractivity contribution in [3.05, 3.63) is 28.6 Å². The lowest BCUT2D eigenvalue weighted by atomic mass is 9.34. The van der Waals surface area contributed by atoms with Crippen LogP contribution in [0.4, 0.5) is 44.1 Å². The summed E-state index contributed by atoms with van der Waals surface area (Å²) in [6, 6.07) is -0.450. The molecule has 3 amide bonds. The molecule has 2 saturated heterocycles. The third kappa shape index (κ3) is 3.40. The van der Waals surface area contributed by atoms with E-state index in [2.05, 4.69) is 15.5 Å². The maximum atomic E-state index is 15.1. The lowest BCUT2D eigenvalue weighted by Crippen LogP contribution is -2.70. The van der Waals surface area contributed by atoms with E-state index in [-0.39, 0.29) is 73.5 Å². The second-order valence-electron chi connectivity index (χ2n) is 10.3. The molecular formula is C22H20ClF5N6O3. The van der Waals surface area contributed by atoms with Gasteiger partial charge in [-0.1, -0.05) is 16.7 Å². The number of anilines is 3. The third-order valence-electron chi connectivity index (χ3n) is 8.04. The van der Waals surface area contributed by atoms with Crippen LogP contribution in [0, 0.1) is 17.0 Å². The van der Waals surface area contributed by atoms with Gasteiger partial charge in [0.15, 0.2) is 11.6 Å². The summed E-state index contributed by atoms with van der Waals surface area (Å²) in [5.74, 6) is -2.50. The highest BCUT2D eigenvalue weighted by molar-refractivity contribution is 6.34. The van der Waals surface area contributed by atoms with Crippen molar-refractivity contribution in [2.24, 2.45) is 5.41 Å². The average molecular weight is 547 g/mol. The summed E-state index contributed by atoms with van der Waals surface area (Å²) < 4.78 is 75.0. The van der Waals surface area contributed by atoms with Gasteiger partial charge in [-0.05, 0) is 26.2 Å². The SMILES string of the molecule is C[C@@H]1[C@@H](Nc2nnc(C34CC(C(F)(F)F)(C3)C4)o2)CN1c1cc(F)c(N2CCC(=O)NC2=O)c(F)c1Cl. The summed E-state index contributed by atoms with van der Waals surface area (Å²) in [7, 11) is 0. The van der Waals surface area contributed by atoms with E-state index >= 15 is 4.39 Å². The largest absolute Gasteiger partial charge is 0.408 e. The Morgan fingerprint density at radius 2 is 1.92 bits per heavy atom. The van der Waals surface area contributed by atoms with Gasteiger partial charge >= 0.3 is 18.2 Å². The fourth-order valence-corrected chi connectivity index (χ4v) is 6.12. The predicted octanol–water partition coefficient (Wildman–Crippen LogP) is 4.12. The number of carbonyl (C=O) groups is 2. The lowest BCUT2D eigenvalue weighted by Gasteiger charge is -2.68. The van der Waals surface area contributed by atoms with Gasteiger partial charge in [0.2, 0.25) is 11.8 Å². The second kappa shape index (κ2) is 7.68. The minimum atomic E-state index is -4.24. The van der Waals surface area contributed by atoms with Gasteiger partial charge in [0.1, 0.15) is 10.7 Å². The summed E-state index contributed by atoms with van der Waals surface area (Å²) in [4.78, 5) is 25.8. The summed E-state index contributed by atoms with van der Waals surface area (Å²) in [6.07, 6.45) is -4.51. The molecule has 5 fully saturated rings. The first kappa shape index (κ1) is 24.2. The van der Waals surface area contributed by atoms with Crippen LogP contribution in [0.2, 0.25) is 5.02 Å². The molecule has 2 atom stereocenters. The van der Waals surface area contributed by atoms with Crippen molar-refractivity contribution in [2.75, 3.05) is 28.2 Å². The molecule has 7 rings (SSSR count). The van der Waals surface area contributed by atoms with Crippen LogP contribution in [0.15, 0.2) is 10.5 Å². The molecule has 0 unspecified atom stereocenters. The van der Waals surface area contributed by atoms with Crippen LogP contribution < -0.4 is 20.4 Å². The van der Waals surface area contributed by atoms with Crippen molar-refractivity contribution in [1.82, 2.24) is 15.5 Å². The monoisotopic (exact) mass is 546 g/mol. The van der Waals surface area contributed by atoms with Crippen molar-refractivity contribution < 1.29 is 36.0 Å². The molecule has 1 aromatic heterocycles. The van der Waals surface area contributed by atoms with E-state index in [1.54, 1.807) is 11.8 Å². The Hall–Kier alpha value is -3.16. The Morgan fingerprint density at radius 3 is 2.54 bits per heavy atom. The maximum absolute atomic E-state index is 15.1. The molecular weight excluding hydrogens is 527 g/mol. The van der Waals surface area contributed by atoms with E-state index in [4.69, 9.17) is 16.0 Å². The number of nitrogens with one attached hydrogen (secondary N) is 2. The second-order valence-corrected chi connectivity index (χ2v) is 10.6. The first-order chi connectivity index (χ1) is 17.3. The first-order valence-electron chi connectivity index (χ1n) is 11.6. The van der Waals surface area contributed by atoms with Gasteiger partial charge in [-0.3, -0.25) is 15.0 Å². The molecule has 3 saturated carbocycles. The van der Waals surface area contributed by atoms with Crippen LogP contribution in [0.1, 0.15) is 38.5 Å². The molecule has 0 radical (unpaired) electrons. The van der Waals surface area contributed by atoms with Crippen molar-refractivity contribution in [3.8, 4) is 0 Å². The van der Waals surface area contributed by atoms with Crippen molar-refractivity contribution in [1.29, 1.82) is 0 Å². The highest BCUT2D eigenvalue weighted by Gasteiger charge is 2.80. The van der Waals surface area contributed by atoms with E-state index in [1.165, 1.54) is 0 Å². The van der Waals surface area contributed by atoms with Gasteiger partial charge in [-0.25, -0.2) is 13.6 Å². The number of hydrogen-bond donors (Lipinski definition) is 2. The Labute approximate surface area is 211 Å². The molecule has 2 N–H and O–H groups in total. The molecule has 2 bridgehead atoms. The van der Waals surface area contributed by atoms with Crippen molar-refractivity contribution in [3.63, 3.8) is 0 Å². The number of benzene rings is 1. The zero-order valence-electron chi connectivity index (χ0n) is 19.3. The molecule has 3 heterocycles. The molecule has 3 aliphatic carbocycles. The van der Waals surface area contributed by atoms with Crippen LogP contribution in [0.25, 0.3) is 0 Å². The quantitative estimate of drug-likeness (QED) is 0.429. The molecule has 9 nitrogen and oxygen atoms in total. The highest BCUT2D eigenvalue weighted by Crippen LogP contribution is 2.78. The fraction of sp³-hybridized carbons (Fsp3) is 0.545. The van der Waals surface area contributed by atoms with Crippen LogP contribution in [0.3, 0.4) is 0 Å². The van der Waals surface area contributed by atoms with E-state index in [1.807, 2.05) is 5.32 Å². The first-order valence-corrected chi connectivity index (χ1v) is 11.9. The summed E-state index contributed by atoms with van der Waals surface area (Å²) in [5.41, 5.74) is -2.91. The standard InChI is InChI=1S/C22H20ClF5N6O3/c1-9-11(29-18-32-31-17(37-18)20-6-21(7-20,8-20)22(26,27)28)5-34(9)12-4-10(24)16(15(25)14(12)23)33-3-2-13(35)30-19(33)36/h4,9,11H,2-3,5-8H2,1H3,(H,29,32)(H,30,35,36)/t9-,11+,20?,21?/m1/s1. The Bertz CT molecular complexity index is 1310. The van der Waals surface area contributed by atoms with Gasteiger partial charge in [-0.2, -0.15) is 13.2 Å². The fourth-order valence-electron chi connectivity index (χ4n) is 5.87. The third-order valence-corrected chi connectivity index (χ3v) is 8.39. The zero-order valence-corrected chi connectivity index (χ0v) is 20.0. The van der Waals surface area contributed by atoms with Crippen LogP contribution >= 0.6 is 11.6 Å². The van der Waals surface area contributed by atoms with Crippen molar-refractivity contribution >= 4 is 40.9 Å². The van der Waals surface area contributed by atoms with Crippen LogP contribution in [-0.4, -0.2) is 53.5 Å². The Kier molecular flexibility index (Phi) is 5.02. The number of aromatic nitrogens is 2. The molecule has 2 aliphatic heterocycles. The molecule has 1 aromatic carbocycles. The predicted molar refractivity (Wildman–Crippen MR) is 119 cm³/mol. The number of amides is 3.